The average molecular weight is 489 g/mol. The van der Waals surface area contributed by atoms with Crippen molar-refractivity contribution in [3.05, 3.63) is 53.1 Å². The van der Waals surface area contributed by atoms with Crippen LogP contribution in [0.1, 0.15) is 53.8 Å². The second-order valence-electron chi connectivity index (χ2n) is 9.23. The van der Waals surface area contributed by atoms with Gasteiger partial charge in [-0.3, -0.25) is 14.6 Å². The summed E-state index contributed by atoms with van der Waals surface area (Å²) < 4.78 is 5.54. The van der Waals surface area contributed by atoms with Gasteiger partial charge in [0.15, 0.2) is 17.1 Å². The molecule has 0 spiro atoms. The highest BCUT2D eigenvalue weighted by atomic mass is 15.4. The lowest BCUT2D eigenvalue weighted by Gasteiger charge is -2.24. The molecular formula is C24H32N12. The van der Waals surface area contributed by atoms with Crippen LogP contribution in [0.15, 0.2) is 18.6 Å². The zero-order valence-corrected chi connectivity index (χ0v) is 21.5. The first kappa shape index (κ1) is 23.8. The average Bonchev–Trinajstić information content (AvgIpc) is 3.58. The maximum atomic E-state index is 4.74. The Balaban J connectivity index is 0.000000202. The molecule has 6 rings (SSSR count). The number of aromatic nitrogens is 11. The highest BCUT2D eigenvalue weighted by molar-refractivity contribution is 5.43. The van der Waals surface area contributed by atoms with Crippen LogP contribution in [0.25, 0.3) is 11.3 Å². The highest BCUT2D eigenvalue weighted by Crippen LogP contribution is 2.17. The van der Waals surface area contributed by atoms with E-state index in [9.17, 15) is 0 Å². The molecule has 0 amide bonds. The number of piperidine rings is 1. The molecule has 188 valence electrons. The van der Waals surface area contributed by atoms with Crippen LogP contribution >= 0.6 is 0 Å². The third-order valence-corrected chi connectivity index (χ3v) is 6.33. The topological polar surface area (TPSA) is 120 Å². The highest BCUT2D eigenvalue weighted by Gasteiger charge is 2.17. The number of hydrogen-bond donors (Lipinski definition) is 0. The maximum Gasteiger partial charge on any atom is 0.244 e. The van der Waals surface area contributed by atoms with Gasteiger partial charge in [-0.2, -0.15) is 15.2 Å². The summed E-state index contributed by atoms with van der Waals surface area (Å²) >= 11 is 0. The molecule has 0 bridgehead atoms. The third-order valence-electron chi connectivity index (χ3n) is 6.33. The van der Waals surface area contributed by atoms with Gasteiger partial charge in [0.2, 0.25) is 5.95 Å². The molecule has 0 saturated carbocycles. The van der Waals surface area contributed by atoms with E-state index in [2.05, 4.69) is 40.1 Å². The van der Waals surface area contributed by atoms with Crippen LogP contribution in [0.2, 0.25) is 0 Å². The molecule has 12 nitrogen and oxygen atoms in total. The van der Waals surface area contributed by atoms with Gasteiger partial charge >= 0.3 is 0 Å². The molecule has 1 saturated heterocycles. The lowest BCUT2D eigenvalue weighted by atomic mass is 10.1. The summed E-state index contributed by atoms with van der Waals surface area (Å²) in [6, 6.07) is 0. The fourth-order valence-electron chi connectivity index (χ4n) is 4.36. The van der Waals surface area contributed by atoms with Crippen molar-refractivity contribution in [3.8, 4) is 0 Å². The minimum Gasteiger partial charge on any atom is -0.340 e. The van der Waals surface area contributed by atoms with Crippen LogP contribution < -0.4 is 4.90 Å². The standard InChI is InChI=1S/C17H24N8.C7H8N4/c1-12-11-18-13(2)16-19-14(21-25(12)16)7-8-15-20-17(22-23(15)3)24-9-5-4-6-10-24;1-5-3-8-4-7-9-6(2)10-11(5)7/h11H,4-10H2,1-3H3;3-4H,1-2H3. The molecule has 0 aromatic carbocycles. The Morgan fingerprint density at radius 1 is 0.778 bits per heavy atom. The number of hydrogen-bond acceptors (Lipinski definition) is 9. The van der Waals surface area contributed by atoms with E-state index in [0.717, 1.165) is 77.7 Å². The predicted molar refractivity (Wildman–Crippen MR) is 135 cm³/mol. The Morgan fingerprint density at radius 3 is 2.31 bits per heavy atom. The normalized spacial score (nSPS) is 13.9. The summed E-state index contributed by atoms with van der Waals surface area (Å²) in [6.45, 7) is 9.89. The molecule has 1 fully saturated rings. The fourth-order valence-corrected chi connectivity index (χ4v) is 4.36. The number of aryl methyl sites for hydroxylation is 7. The Morgan fingerprint density at radius 2 is 1.56 bits per heavy atom. The van der Waals surface area contributed by atoms with Crippen LogP contribution in [-0.2, 0) is 19.9 Å². The van der Waals surface area contributed by atoms with Crippen molar-refractivity contribution < 1.29 is 0 Å². The summed E-state index contributed by atoms with van der Waals surface area (Å²) in [4.78, 5) is 24.2. The molecule has 1 aliphatic rings. The molecule has 1 aliphatic heterocycles. The van der Waals surface area contributed by atoms with Crippen molar-refractivity contribution in [2.24, 2.45) is 7.05 Å². The second-order valence-corrected chi connectivity index (χ2v) is 9.23. The molecule has 0 N–H and O–H groups in total. The molecule has 6 heterocycles. The quantitative estimate of drug-likeness (QED) is 0.375. The van der Waals surface area contributed by atoms with Crippen LogP contribution in [0.5, 0.6) is 0 Å². The molecule has 5 aromatic heterocycles. The molecule has 0 radical (unpaired) electrons. The Labute approximate surface area is 209 Å². The van der Waals surface area contributed by atoms with Crippen molar-refractivity contribution in [2.45, 2.75) is 59.8 Å². The monoisotopic (exact) mass is 488 g/mol. The first-order valence-electron chi connectivity index (χ1n) is 12.4. The van der Waals surface area contributed by atoms with Crippen molar-refractivity contribution in [3.63, 3.8) is 0 Å². The van der Waals surface area contributed by atoms with Crippen LogP contribution in [0, 0.1) is 27.7 Å². The van der Waals surface area contributed by atoms with E-state index < -0.39 is 0 Å². The SMILES string of the molecule is Cc1nc2cncc(C)n2n1.Cc1ncc(C)n2nc(CCc3nc(N4CCCCC4)nn3C)nc12. The van der Waals surface area contributed by atoms with E-state index in [1.54, 1.807) is 16.9 Å². The van der Waals surface area contributed by atoms with Gasteiger partial charge in [0, 0.05) is 45.4 Å². The summed E-state index contributed by atoms with van der Waals surface area (Å²) in [5.74, 6) is 3.44. The van der Waals surface area contributed by atoms with E-state index in [1.807, 2.05) is 50.1 Å². The molecule has 5 aromatic rings. The molecule has 0 atom stereocenters. The molecule has 0 aliphatic carbocycles. The van der Waals surface area contributed by atoms with Crippen molar-refractivity contribution in [1.82, 2.24) is 53.9 Å². The predicted octanol–water partition coefficient (Wildman–Crippen LogP) is 2.39. The van der Waals surface area contributed by atoms with Gasteiger partial charge in [-0.15, -0.1) is 5.10 Å². The van der Waals surface area contributed by atoms with Gasteiger partial charge in [-0.25, -0.2) is 19.0 Å². The third kappa shape index (κ3) is 4.88. The lowest BCUT2D eigenvalue weighted by molar-refractivity contribution is 0.566. The summed E-state index contributed by atoms with van der Waals surface area (Å²) in [6.07, 6.45) is 10.6. The van der Waals surface area contributed by atoms with Crippen LogP contribution in [0.4, 0.5) is 5.95 Å². The van der Waals surface area contributed by atoms with Gasteiger partial charge in [0.1, 0.15) is 11.6 Å². The smallest absolute Gasteiger partial charge is 0.244 e. The van der Waals surface area contributed by atoms with Crippen molar-refractivity contribution in [2.75, 3.05) is 18.0 Å². The molecule has 12 heteroatoms. The van der Waals surface area contributed by atoms with E-state index in [4.69, 9.17) is 4.98 Å². The van der Waals surface area contributed by atoms with Crippen LogP contribution in [0.3, 0.4) is 0 Å². The molecular weight excluding hydrogens is 456 g/mol. The van der Waals surface area contributed by atoms with Gasteiger partial charge in [0.05, 0.1) is 23.3 Å². The zero-order chi connectivity index (χ0) is 25.2. The molecule has 0 unspecified atom stereocenters. The zero-order valence-electron chi connectivity index (χ0n) is 21.5. The minimum atomic E-state index is 0.743. The van der Waals surface area contributed by atoms with Crippen molar-refractivity contribution in [1.29, 1.82) is 0 Å². The van der Waals surface area contributed by atoms with Gasteiger partial charge in [-0.1, -0.05) is 0 Å². The summed E-state index contributed by atoms with van der Waals surface area (Å²) in [5, 5.41) is 13.4. The Hall–Kier alpha value is -3.96. The Kier molecular flexibility index (Phi) is 6.57. The van der Waals surface area contributed by atoms with Crippen molar-refractivity contribution >= 4 is 17.2 Å². The number of anilines is 1. The largest absolute Gasteiger partial charge is 0.340 e. The second kappa shape index (κ2) is 9.96. The van der Waals surface area contributed by atoms with Gasteiger partial charge < -0.3 is 4.90 Å². The van der Waals surface area contributed by atoms with E-state index in [1.165, 1.54) is 19.3 Å². The van der Waals surface area contributed by atoms with E-state index in [0.29, 0.717) is 0 Å². The van der Waals surface area contributed by atoms with Crippen LogP contribution in [-0.4, -0.2) is 67.0 Å². The number of fused-ring (bicyclic) bond motifs is 2. The first-order chi connectivity index (χ1) is 17.4. The lowest BCUT2D eigenvalue weighted by Crippen LogP contribution is -2.30. The Bertz CT molecular complexity index is 1450. The van der Waals surface area contributed by atoms with Gasteiger partial charge in [0.25, 0.3) is 0 Å². The minimum absolute atomic E-state index is 0.743. The van der Waals surface area contributed by atoms with E-state index in [-0.39, 0.29) is 0 Å². The first-order valence-corrected chi connectivity index (χ1v) is 12.4. The van der Waals surface area contributed by atoms with E-state index >= 15 is 0 Å². The van der Waals surface area contributed by atoms with Gasteiger partial charge in [-0.05, 0) is 47.0 Å². The summed E-state index contributed by atoms with van der Waals surface area (Å²) in [7, 11) is 1.96. The molecule has 36 heavy (non-hydrogen) atoms. The maximum absolute atomic E-state index is 4.74. The number of rotatable bonds is 4. The fraction of sp³-hybridized carbons (Fsp3) is 0.500. The number of nitrogens with zero attached hydrogens (tertiary/aromatic N) is 12. The summed E-state index contributed by atoms with van der Waals surface area (Å²) in [5.41, 5.74) is 4.54.